The number of hydrogen-bond donors (Lipinski definition) is 2. The van der Waals surface area contributed by atoms with Gasteiger partial charge in [-0.15, -0.1) is 5.10 Å². The Labute approximate surface area is 155 Å². The van der Waals surface area contributed by atoms with E-state index in [2.05, 4.69) is 15.4 Å². The average molecular weight is 366 g/mol. The van der Waals surface area contributed by atoms with Gasteiger partial charge in [0.25, 0.3) is 0 Å². The highest BCUT2D eigenvalue weighted by molar-refractivity contribution is 6.30. The van der Waals surface area contributed by atoms with E-state index >= 15 is 0 Å². The molecule has 0 fully saturated rings. The van der Waals surface area contributed by atoms with Crippen molar-refractivity contribution in [2.75, 3.05) is 5.32 Å². The zero-order valence-corrected chi connectivity index (χ0v) is 14.7. The molecule has 3 aromatic rings. The standard InChI is InChI=1S/C19H16ClN5O/c1-11-15(17(21)26)16(12-6-3-2-4-7-12)25-19(22-11)23-18(24-25)13-8-5-9-14(20)10-13/h2-10,16H,1H3,(H2,21,26)(H,22,23,24)/t16-/m1/s1. The van der Waals surface area contributed by atoms with Crippen molar-refractivity contribution in [1.29, 1.82) is 0 Å². The van der Waals surface area contributed by atoms with Gasteiger partial charge in [0, 0.05) is 16.3 Å². The number of nitrogens with two attached hydrogens (primary N) is 1. The van der Waals surface area contributed by atoms with Gasteiger partial charge in [0.1, 0.15) is 6.04 Å². The first-order chi connectivity index (χ1) is 12.5. The van der Waals surface area contributed by atoms with Crippen LogP contribution in [0.1, 0.15) is 18.5 Å². The van der Waals surface area contributed by atoms with E-state index in [1.54, 1.807) is 16.8 Å². The zero-order chi connectivity index (χ0) is 18.3. The SMILES string of the molecule is CC1=C(C(N)=O)[C@@H](c2ccccc2)n2nc(-c3cccc(Cl)c3)nc2N1. The van der Waals surface area contributed by atoms with Crippen LogP contribution in [0.5, 0.6) is 0 Å². The summed E-state index contributed by atoms with van der Waals surface area (Å²) in [4.78, 5) is 16.7. The van der Waals surface area contributed by atoms with Crippen molar-refractivity contribution in [2.24, 2.45) is 5.73 Å². The number of aromatic nitrogens is 3. The summed E-state index contributed by atoms with van der Waals surface area (Å²) < 4.78 is 1.69. The third kappa shape index (κ3) is 2.74. The molecule has 0 saturated heterocycles. The fraction of sp³-hybridized carbons (Fsp3) is 0.105. The number of fused-ring (bicyclic) bond motifs is 1. The van der Waals surface area contributed by atoms with Gasteiger partial charge in [0.15, 0.2) is 5.82 Å². The van der Waals surface area contributed by atoms with Gasteiger partial charge in [-0.2, -0.15) is 4.98 Å². The molecular weight excluding hydrogens is 350 g/mol. The molecule has 0 radical (unpaired) electrons. The number of carbonyl (C=O) groups is 1. The summed E-state index contributed by atoms with van der Waals surface area (Å²) in [5.74, 6) is 0.583. The number of halogens is 1. The van der Waals surface area contributed by atoms with Gasteiger partial charge in [-0.05, 0) is 24.6 Å². The second kappa shape index (κ2) is 6.31. The Morgan fingerprint density at radius 1 is 1.19 bits per heavy atom. The van der Waals surface area contributed by atoms with Crippen LogP contribution < -0.4 is 11.1 Å². The monoisotopic (exact) mass is 365 g/mol. The Bertz CT molecular complexity index is 1030. The number of benzene rings is 2. The first-order valence-corrected chi connectivity index (χ1v) is 8.47. The Balaban J connectivity index is 1.89. The van der Waals surface area contributed by atoms with Gasteiger partial charge in [0.2, 0.25) is 11.9 Å². The fourth-order valence-electron chi connectivity index (χ4n) is 3.16. The second-order valence-electron chi connectivity index (χ2n) is 6.06. The number of anilines is 1. The Hall–Kier alpha value is -3.12. The number of hydrogen-bond acceptors (Lipinski definition) is 4. The summed E-state index contributed by atoms with van der Waals surface area (Å²) in [6.07, 6.45) is 0. The highest BCUT2D eigenvalue weighted by Gasteiger charge is 2.33. The van der Waals surface area contributed by atoms with Gasteiger partial charge in [0.05, 0.1) is 5.57 Å². The van der Waals surface area contributed by atoms with Crippen LogP contribution in [0, 0.1) is 0 Å². The van der Waals surface area contributed by atoms with Gasteiger partial charge in [-0.1, -0.05) is 54.1 Å². The van der Waals surface area contributed by atoms with Crippen LogP contribution in [0.2, 0.25) is 5.02 Å². The van der Waals surface area contributed by atoms with E-state index in [1.807, 2.05) is 49.4 Å². The summed E-state index contributed by atoms with van der Waals surface area (Å²) in [6.45, 7) is 1.81. The van der Waals surface area contributed by atoms with Crippen molar-refractivity contribution in [3.8, 4) is 11.4 Å². The molecule has 130 valence electrons. The van der Waals surface area contributed by atoms with Crippen LogP contribution in [0.4, 0.5) is 5.95 Å². The minimum Gasteiger partial charge on any atom is -0.366 e. The average Bonchev–Trinajstić information content (AvgIpc) is 3.04. The molecule has 1 aromatic heterocycles. The van der Waals surface area contributed by atoms with E-state index in [9.17, 15) is 4.79 Å². The Kier molecular flexibility index (Phi) is 3.97. The predicted octanol–water partition coefficient (Wildman–Crippen LogP) is 3.37. The third-order valence-electron chi connectivity index (χ3n) is 4.32. The summed E-state index contributed by atoms with van der Waals surface area (Å²) in [5.41, 5.74) is 8.50. The molecule has 1 aliphatic rings. The van der Waals surface area contributed by atoms with Crippen molar-refractivity contribution < 1.29 is 4.79 Å². The molecule has 6 nitrogen and oxygen atoms in total. The highest BCUT2D eigenvalue weighted by atomic mass is 35.5. The third-order valence-corrected chi connectivity index (χ3v) is 4.55. The van der Waals surface area contributed by atoms with Gasteiger partial charge in [-0.3, -0.25) is 4.79 Å². The lowest BCUT2D eigenvalue weighted by molar-refractivity contribution is -0.115. The topological polar surface area (TPSA) is 85.8 Å². The molecule has 0 spiro atoms. The van der Waals surface area contributed by atoms with Crippen LogP contribution in [0.25, 0.3) is 11.4 Å². The maximum atomic E-state index is 12.1. The molecule has 2 aromatic carbocycles. The smallest absolute Gasteiger partial charge is 0.248 e. The summed E-state index contributed by atoms with van der Waals surface area (Å²) in [6, 6.07) is 16.5. The van der Waals surface area contributed by atoms with E-state index in [0.717, 1.165) is 11.1 Å². The molecule has 1 aliphatic heterocycles. The van der Waals surface area contributed by atoms with Crippen molar-refractivity contribution in [2.45, 2.75) is 13.0 Å². The van der Waals surface area contributed by atoms with Gasteiger partial charge < -0.3 is 11.1 Å². The second-order valence-corrected chi connectivity index (χ2v) is 6.49. The number of primary amides is 1. The van der Waals surface area contributed by atoms with E-state index in [-0.39, 0.29) is 0 Å². The highest BCUT2D eigenvalue weighted by Crippen LogP contribution is 2.36. The van der Waals surface area contributed by atoms with E-state index in [1.165, 1.54) is 0 Å². The fourth-order valence-corrected chi connectivity index (χ4v) is 3.35. The molecule has 0 aliphatic carbocycles. The van der Waals surface area contributed by atoms with Crippen LogP contribution in [0.15, 0.2) is 65.9 Å². The first kappa shape index (κ1) is 16.4. The molecule has 1 atom stereocenters. The number of allylic oxidation sites excluding steroid dienone is 1. The minimum atomic E-state index is -0.491. The molecule has 0 unspecified atom stereocenters. The number of rotatable bonds is 3. The van der Waals surface area contributed by atoms with E-state index in [4.69, 9.17) is 17.3 Å². The summed E-state index contributed by atoms with van der Waals surface area (Å²) in [5, 5.41) is 8.37. The molecule has 3 N–H and O–H groups in total. The number of nitrogens with zero attached hydrogens (tertiary/aromatic N) is 3. The molecule has 2 heterocycles. The lowest BCUT2D eigenvalue weighted by Crippen LogP contribution is -2.31. The van der Waals surface area contributed by atoms with Crippen LogP contribution >= 0.6 is 11.6 Å². The summed E-state index contributed by atoms with van der Waals surface area (Å²) in [7, 11) is 0. The predicted molar refractivity (Wildman–Crippen MR) is 101 cm³/mol. The maximum Gasteiger partial charge on any atom is 0.248 e. The number of nitrogens with one attached hydrogen (secondary N) is 1. The van der Waals surface area contributed by atoms with Crippen LogP contribution in [-0.4, -0.2) is 20.7 Å². The molecule has 26 heavy (non-hydrogen) atoms. The van der Waals surface area contributed by atoms with Crippen molar-refractivity contribution in [1.82, 2.24) is 14.8 Å². The maximum absolute atomic E-state index is 12.1. The molecular formula is C19H16ClN5O. The Morgan fingerprint density at radius 3 is 2.65 bits per heavy atom. The largest absolute Gasteiger partial charge is 0.366 e. The Morgan fingerprint density at radius 2 is 1.96 bits per heavy atom. The zero-order valence-electron chi connectivity index (χ0n) is 14.0. The molecule has 0 saturated carbocycles. The summed E-state index contributed by atoms with van der Waals surface area (Å²) >= 11 is 6.09. The molecule has 0 bridgehead atoms. The number of amides is 1. The van der Waals surface area contributed by atoms with Gasteiger partial charge >= 0.3 is 0 Å². The lowest BCUT2D eigenvalue weighted by atomic mass is 9.95. The molecule has 4 rings (SSSR count). The minimum absolute atomic E-state index is 0.439. The van der Waals surface area contributed by atoms with Crippen LogP contribution in [-0.2, 0) is 4.79 Å². The van der Waals surface area contributed by atoms with Crippen molar-refractivity contribution >= 4 is 23.5 Å². The first-order valence-electron chi connectivity index (χ1n) is 8.09. The van der Waals surface area contributed by atoms with Gasteiger partial charge in [-0.25, -0.2) is 4.68 Å². The van der Waals surface area contributed by atoms with Crippen LogP contribution in [0.3, 0.4) is 0 Å². The quantitative estimate of drug-likeness (QED) is 0.745. The van der Waals surface area contributed by atoms with Crippen molar-refractivity contribution in [3.05, 3.63) is 76.5 Å². The van der Waals surface area contributed by atoms with E-state index < -0.39 is 11.9 Å². The molecule has 7 heteroatoms. The normalized spacial score (nSPS) is 16.2. The van der Waals surface area contributed by atoms with Crippen molar-refractivity contribution in [3.63, 3.8) is 0 Å². The van der Waals surface area contributed by atoms with E-state index in [0.29, 0.717) is 28.1 Å². The number of carbonyl (C=O) groups excluding carboxylic acids is 1. The molecule has 1 amide bonds. The lowest BCUT2D eigenvalue weighted by Gasteiger charge is -2.27.